The molecule has 0 heterocycles. The molecule has 0 aliphatic heterocycles. The summed E-state index contributed by atoms with van der Waals surface area (Å²) in [5.74, 6) is 0.846. The minimum atomic E-state index is 0.846. The molecule has 16 heavy (non-hydrogen) atoms. The molecule has 0 spiro atoms. The zero-order chi connectivity index (χ0) is 11.8. The molecule has 1 aliphatic carbocycles. The Morgan fingerprint density at radius 3 is 2.31 bits per heavy atom. The van der Waals surface area contributed by atoms with E-state index in [1.165, 1.54) is 58.0 Å². The lowest BCUT2D eigenvalue weighted by atomic mass is 10.1. The van der Waals surface area contributed by atoms with Crippen molar-refractivity contribution in [3.63, 3.8) is 0 Å². The molecule has 96 valence electrons. The first kappa shape index (κ1) is 14.0. The molecule has 0 amide bonds. The normalized spacial score (nSPS) is 16.3. The van der Waals surface area contributed by atoms with Crippen LogP contribution in [0.5, 0.6) is 0 Å². The molecule has 2 nitrogen and oxygen atoms in total. The highest BCUT2D eigenvalue weighted by atomic mass is 15.2. The highest BCUT2D eigenvalue weighted by molar-refractivity contribution is 4.84. The third-order valence-corrected chi connectivity index (χ3v) is 3.46. The van der Waals surface area contributed by atoms with Gasteiger partial charge in [-0.25, -0.2) is 0 Å². The van der Waals surface area contributed by atoms with Gasteiger partial charge in [0.1, 0.15) is 0 Å². The van der Waals surface area contributed by atoms with Crippen LogP contribution in [0.15, 0.2) is 0 Å². The molecular weight excluding hydrogens is 196 g/mol. The van der Waals surface area contributed by atoms with Crippen molar-refractivity contribution in [2.75, 3.05) is 19.6 Å². The van der Waals surface area contributed by atoms with E-state index in [1.807, 2.05) is 0 Å². The van der Waals surface area contributed by atoms with E-state index in [0.29, 0.717) is 0 Å². The second kappa shape index (κ2) is 8.08. The first-order chi connectivity index (χ1) is 7.74. The third kappa shape index (κ3) is 6.49. The fourth-order valence-corrected chi connectivity index (χ4v) is 2.15. The average Bonchev–Trinajstić information content (AvgIpc) is 3.05. The van der Waals surface area contributed by atoms with Crippen molar-refractivity contribution in [3.8, 4) is 0 Å². The van der Waals surface area contributed by atoms with E-state index in [-0.39, 0.29) is 0 Å². The van der Waals surface area contributed by atoms with Gasteiger partial charge in [0.15, 0.2) is 0 Å². The van der Waals surface area contributed by atoms with Gasteiger partial charge in [-0.3, -0.25) is 0 Å². The van der Waals surface area contributed by atoms with Crippen LogP contribution in [0, 0.1) is 5.92 Å². The van der Waals surface area contributed by atoms with Gasteiger partial charge in [0.05, 0.1) is 0 Å². The fraction of sp³-hybridized carbons (Fsp3) is 1.00. The molecule has 0 radical (unpaired) electrons. The predicted octanol–water partition coefficient (Wildman–Crippen LogP) is 3.02. The molecule has 0 atom stereocenters. The molecule has 0 unspecified atom stereocenters. The van der Waals surface area contributed by atoms with Gasteiger partial charge in [-0.2, -0.15) is 0 Å². The van der Waals surface area contributed by atoms with Crippen LogP contribution in [0.4, 0.5) is 0 Å². The van der Waals surface area contributed by atoms with Crippen LogP contribution in [-0.4, -0.2) is 30.6 Å². The van der Waals surface area contributed by atoms with Crippen LogP contribution in [0.3, 0.4) is 0 Å². The van der Waals surface area contributed by atoms with Crippen molar-refractivity contribution < 1.29 is 0 Å². The standard InChI is InChI=1S/C14H30N2/c1-13(2)9-12-16(14-7-8-14)11-6-4-3-5-10-15/h13-14H,3-12,15H2,1-2H3. The van der Waals surface area contributed by atoms with Crippen LogP contribution >= 0.6 is 0 Å². The van der Waals surface area contributed by atoms with E-state index in [4.69, 9.17) is 5.73 Å². The number of rotatable bonds is 10. The van der Waals surface area contributed by atoms with Crippen molar-refractivity contribution >= 4 is 0 Å². The summed E-state index contributed by atoms with van der Waals surface area (Å²) in [5.41, 5.74) is 5.50. The number of hydrogen-bond donors (Lipinski definition) is 1. The summed E-state index contributed by atoms with van der Waals surface area (Å²) in [4.78, 5) is 2.72. The molecule has 1 aliphatic rings. The van der Waals surface area contributed by atoms with E-state index in [2.05, 4.69) is 18.7 Å². The van der Waals surface area contributed by atoms with Crippen molar-refractivity contribution in [1.29, 1.82) is 0 Å². The van der Waals surface area contributed by atoms with E-state index in [1.54, 1.807) is 0 Å². The molecule has 0 aromatic heterocycles. The molecule has 2 heteroatoms. The van der Waals surface area contributed by atoms with Gasteiger partial charge in [0, 0.05) is 6.04 Å². The molecule has 0 bridgehead atoms. The minimum absolute atomic E-state index is 0.846. The summed E-state index contributed by atoms with van der Waals surface area (Å²) in [5, 5.41) is 0. The first-order valence-electron chi connectivity index (χ1n) is 7.18. The van der Waals surface area contributed by atoms with Gasteiger partial charge in [-0.1, -0.05) is 26.7 Å². The molecule has 0 saturated heterocycles. The SMILES string of the molecule is CC(C)CCN(CCCCCCN)C1CC1. The third-order valence-electron chi connectivity index (χ3n) is 3.46. The average molecular weight is 226 g/mol. The van der Waals surface area contributed by atoms with Gasteiger partial charge in [-0.15, -0.1) is 0 Å². The lowest BCUT2D eigenvalue weighted by Crippen LogP contribution is -2.29. The molecule has 0 aromatic rings. The molecule has 2 N–H and O–H groups in total. The maximum atomic E-state index is 5.50. The van der Waals surface area contributed by atoms with Gasteiger partial charge >= 0.3 is 0 Å². The lowest BCUT2D eigenvalue weighted by Gasteiger charge is -2.22. The quantitative estimate of drug-likeness (QED) is 0.580. The Bertz CT molecular complexity index is 164. The van der Waals surface area contributed by atoms with Crippen molar-refractivity contribution in [2.24, 2.45) is 11.7 Å². The van der Waals surface area contributed by atoms with Crippen molar-refractivity contribution in [2.45, 2.75) is 64.8 Å². The zero-order valence-corrected chi connectivity index (χ0v) is 11.3. The second-order valence-electron chi connectivity index (χ2n) is 5.65. The van der Waals surface area contributed by atoms with E-state index in [0.717, 1.165) is 18.5 Å². The molecule has 0 aromatic carbocycles. The number of unbranched alkanes of at least 4 members (excludes halogenated alkanes) is 3. The first-order valence-corrected chi connectivity index (χ1v) is 7.18. The van der Waals surface area contributed by atoms with E-state index in [9.17, 15) is 0 Å². The van der Waals surface area contributed by atoms with Crippen molar-refractivity contribution in [3.05, 3.63) is 0 Å². The Morgan fingerprint density at radius 1 is 1.06 bits per heavy atom. The Kier molecular flexibility index (Phi) is 7.06. The predicted molar refractivity (Wildman–Crippen MR) is 71.6 cm³/mol. The molecule has 1 saturated carbocycles. The van der Waals surface area contributed by atoms with Crippen molar-refractivity contribution in [1.82, 2.24) is 4.90 Å². The number of nitrogens with zero attached hydrogens (tertiary/aromatic N) is 1. The van der Waals surface area contributed by atoms with Crippen LogP contribution < -0.4 is 5.73 Å². The number of nitrogens with two attached hydrogens (primary N) is 1. The van der Waals surface area contributed by atoms with Gasteiger partial charge in [0.25, 0.3) is 0 Å². The Labute approximate surface area is 102 Å². The van der Waals surface area contributed by atoms with Crippen LogP contribution in [0.25, 0.3) is 0 Å². The highest BCUT2D eigenvalue weighted by Gasteiger charge is 2.27. The summed E-state index contributed by atoms with van der Waals surface area (Å²) >= 11 is 0. The minimum Gasteiger partial charge on any atom is -0.330 e. The maximum Gasteiger partial charge on any atom is 0.00964 e. The molecule has 1 rings (SSSR count). The fourth-order valence-electron chi connectivity index (χ4n) is 2.15. The topological polar surface area (TPSA) is 29.3 Å². The van der Waals surface area contributed by atoms with Crippen LogP contribution in [-0.2, 0) is 0 Å². The monoisotopic (exact) mass is 226 g/mol. The summed E-state index contributed by atoms with van der Waals surface area (Å²) in [7, 11) is 0. The summed E-state index contributed by atoms with van der Waals surface area (Å²) in [6.45, 7) is 8.15. The smallest absolute Gasteiger partial charge is 0.00964 e. The Morgan fingerprint density at radius 2 is 1.75 bits per heavy atom. The highest BCUT2D eigenvalue weighted by Crippen LogP contribution is 2.27. The second-order valence-corrected chi connectivity index (χ2v) is 5.65. The van der Waals surface area contributed by atoms with Gasteiger partial charge < -0.3 is 10.6 Å². The van der Waals surface area contributed by atoms with Gasteiger partial charge in [0.2, 0.25) is 0 Å². The van der Waals surface area contributed by atoms with Crippen LogP contribution in [0.2, 0.25) is 0 Å². The van der Waals surface area contributed by atoms with E-state index >= 15 is 0 Å². The molecular formula is C14H30N2. The largest absolute Gasteiger partial charge is 0.330 e. The summed E-state index contributed by atoms with van der Waals surface area (Å²) in [6, 6.07) is 0.938. The zero-order valence-electron chi connectivity index (χ0n) is 11.3. The Hall–Kier alpha value is -0.0800. The summed E-state index contributed by atoms with van der Waals surface area (Å²) < 4.78 is 0. The lowest BCUT2D eigenvalue weighted by molar-refractivity contribution is 0.242. The molecule has 1 fully saturated rings. The van der Waals surface area contributed by atoms with Gasteiger partial charge in [-0.05, 0) is 57.7 Å². The summed E-state index contributed by atoms with van der Waals surface area (Å²) in [6.07, 6.45) is 9.51. The van der Waals surface area contributed by atoms with Crippen LogP contribution in [0.1, 0.15) is 58.8 Å². The maximum absolute atomic E-state index is 5.50. The number of hydrogen-bond acceptors (Lipinski definition) is 2. The van der Waals surface area contributed by atoms with E-state index < -0.39 is 0 Å². The Balaban J connectivity index is 2.04.